The molecule has 1 aliphatic carbocycles. The van der Waals surface area contributed by atoms with Crippen LogP contribution in [0.3, 0.4) is 0 Å². The maximum Gasteiger partial charge on any atom is 0.281 e. The second kappa shape index (κ2) is 7.00. The zero-order valence-electron chi connectivity index (χ0n) is 12.9. The Balaban J connectivity index is 2.58. The number of carbonyl (C=O) groups excluding carboxylic acids is 1. The molecule has 0 atom stereocenters. The van der Waals surface area contributed by atoms with E-state index in [-0.39, 0.29) is 22.3 Å². The fourth-order valence-corrected chi connectivity index (χ4v) is 4.48. The molecule has 1 fully saturated rings. The maximum atomic E-state index is 12.2. The molecular formula is C15H20BrN3O3S. The summed E-state index contributed by atoms with van der Waals surface area (Å²) in [4.78, 5) is 15.7. The van der Waals surface area contributed by atoms with Crippen molar-refractivity contribution in [2.24, 2.45) is 16.5 Å². The summed E-state index contributed by atoms with van der Waals surface area (Å²) in [7, 11) is -3.47. The molecule has 0 bridgehead atoms. The standard InChI is InChI=1S/C15H20BrN3O3S/c1-23(21,22)13-8-11(14(20)19-15(17)18)12(16)7-10(13)9-5-3-2-4-6-9/h7-9H,2-6H2,1H3,(H4,17,18,19,20). The normalized spacial score (nSPS) is 16.1. The van der Waals surface area contributed by atoms with E-state index in [2.05, 4.69) is 20.9 Å². The topological polar surface area (TPSA) is 116 Å². The second-order valence-corrected chi connectivity index (χ2v) is 8.66. The van der Waals surface area contributed by atoms with E-state index < -0.39 is 15.7 Å². The first-order valence-corrected chi connectivity index (χ1v) is 10.1. The summed E-state index contributed by atoms with van der Waals surface area (Å²) in [5, 5.41) is 0. The molecule has 0 aliphatic heterocycles. The van der Waals surface area contributed by atoms with Gasteiger partial charge in [-0.3, -0.25) is 4.79 Å². The summed E-state index contributed by atoms with van der Waals surface area (Å²) in [6, 6.07) is 3.10. The average Bonchev–Trinajstić information content (AvgIpc) is 2.45. The SMILES string of the molecule is CS(=O)(=O)c1cc(C(=O)N=C(N)N)c(Br)cc1C1CCCCC1. The third kappa shape index (κ3) is 4.32. The molecule has 0 unspecified atom stereocenters. The molecule has 0 aromatic heterocycles. The van der Waals surface area contributed by atoms with Crippen LogP contribution in [-0.2, 0) is 9.84 Å². The molecule has 23 heavy (non-hydrogen) atoms. The quantitative estimate of drug-likeness (QED) is 0.595. The highest BCUT2D eigenvalue weighted by Gasteiger charge is 2.25. The van der Waals surface area contributed by atoms with Gasteiger partial charge in [0.25, 0.3) is 5.91 Å². The highest BCUT2D eigenvalue weighted by molar-refractivity contribution is 9.10. The van der Waals surface area contributed by atoms with Crippen molar-refractivity contribution in [2.45, 2.75) is 42.9 Å². The number of aliphatic imine (C=N–C) groups is 1. The minimum atomic E-state index is -3.47. The third-order valence-electron chi connectivity index (χ3n) is 4.00. The summed E-state index contributed by atoms with van der Waals surface area (Å²) in [6.45, 7) is 0. The number of carbonyl (C=O) groups is 1. The highest BCUT2D eigenvalue weighted by Crippen LogP contribution is 2.38. The molecule has 2 rings (SSSR count). The van der Waals surface area contributed by atoms with Gasteiger partial charge in [-0.1, -0.05) is 19.3 Å². The van der Waals surface area contributed by atoms with E-state index in [1.165, 1.54) is 12.5 Å². The number of amides is 1. The Labute approximate surface area is 144 Å². The predicted molar refractivity (Wildman–Crippen MR) is 93.2 cm³/mol. The molecule has 1 aromatic rings. The molecular weight excluding hydrogens is 382 g/mol. The second-order valence-electron chi connectivity index (χ2n) is 5.82. The van der Waals surface area contributed by atoms with E-state index in [9.17, 15) is 13.2 Å². The Hall–Kier alpha value is -1.41. The van der Waals surface area contributed by atoms with Crippen LogP contribution in [0.4, 0.5) is 0 Å². The number of rotatable bonds is 3. The minimum absolute atomic E-state index is 0.137. The van der Waals surface area contributed by atoms with Crippen molar-refractivity contribution < 1.29 is 13.2 Å². The van der Waals surface area contributed by atoms with Crippen LogP contribution in [0.1, 0.15) is 53.9 Å². The van der Waals surface area contributed by atoms with Crippen LogP contribution in [0.2, 0.25) is 0 Å². The Morgan fingerprint density at radius 2 is 1.83 bits per heavy atom. The van der Waals surface area contributed by atoms with Crippen molar-refractivity contribution in [2.75, 3.05) is 6.26 Å². The first-order valence-electron chi connectivity index (χ1n) is 7.37. The first kappa shape index (κ1) is 17.9. The summed E-state index contributed by atoms with van der Waals surface area (Å²) in [6.07, 6.45) is 6.40. The van der Waals surface area contributed by atoms with Gasteiger partial charge in [0.1, 0.15) is 0 Å². The van der Waals surface area contributed by atoms with Crippen molar-refractivity contribution in [3.05, 3.63) is 27.7 Å². The minimum Gasteiger partial charge on any atom is -0.370 e. The number of hydrogen-bond acceptors (Lipinski definition) is 3. The van der Waals surface area contributed by atoms with Gasteiger partial charge in [-0.05, 0) is 52.4 Å². The lowest BCUT2D eigenvalue weighted by molar-refractivity contribution is 0.100. The molecule has 1 saturated carbocycles. The highest BCUT2D eigenvalue weighted by atomic mass is 79.9. The number of benzene rings is 1. The zero-order valence-corrected chi connectivity index (χ0v) is 15.3. The summed E-state index contributed by atoms with van der Waals surface area (Å²) in [5.41, 5.74) is 11.4. The van der Waals surface area contributed by atoms with Crippen LogP contribution >= 0.6 is 15.9 Å². The lowest BCUT2D eigenvalue weighted by atomic mass is 9.84. The fraction of sp³-hybridized carbons (Fsp3) is 0.467. The average molecular weight is 402 g/mol. The molecule has 1 aromatic carbocycles. The van der Waals surface area contributed by atoms with E-state index in [0.717, 1.165) is 37.5 Å². The Bertz CT molecular complexity index is 749. The molecule has 4 N–H and O–H groups in total. The van der Waals surface area contributed by atoms with E-state index in [1.54, 1.807) is 6.07 Å². The number of nitrogens with two attached hydrogens (primary N) is 2. The lowest BCUT2D eigenvalue weighted by Gasteiger charge is -2.24. The number of hydrogen-bond donors (Lipinski definition) is 2. The zero-order chi connectivity index (χ0) is 17.2. The molecule has 0 radical (unpaired) electrons. The number of guanidine groups is 1. The number of sulfone groups is 1. The molecule has 0 saturated heterocycles. The van der Waals surface area contributed by atoms with Gasteiger partial charge in [0.05, 0.1) is 10.5 Å². The number of halogens is 1. The van der Waals surface area contributed by atoms with Crippen molar-refractivity contribution in [1.29, 1.82) is 0 Å². The van der Waals surface area contributed by atoms with E-state index in [1.807, 2.05) is 0 Å². The summed E-state index contributed by atoms with van der Waals surface area (Å²) in [5.74, 6) is -0.840. The van der Waals surface area contributed by atoms with Crippen LogP contribution in [0.15, 0.2) is 26.5 Å². The van der Waals surface area contributed by atoms with Gasteiger partial charge in [0, 0.05) is 10.7 Å². The predicted octanol–water partition coefficient (Wildman–Crippen LogP) is 2.31. The molecule has 0 heterocycles. The van der Waals surface area contributed by atoms with Gasteiger partial charge >= 0.3 is 0 Å². The van der Waals surface area contributed by atoms with Crippen LogP contribution in [0.5, 0.6) is 0 Å². The Kier molecular flexibility index (Phi) is 5.46. The fourth-order valence-electron chi connectivity index (χ4n) is 2.96. The number of nitrogens with zero attached hydrogens (tertiary/aromatic N) is 1. The molecule has 6 nitrogen and oxygen atoms in total. The van der Waals surface area contributed by atoms with E-state index >= 15 is 0 Å². The Morgan fingerprint density at radius 3 is 2.35 bits per heavy atom. The van der Waals surface area contributed by atoms with Crippen molar-refractivity contribution in [3.63, 3.8) is 0 Å². The Morgan fingerprint density at radius 1 is 1.22 bits per heavy atom. The van der Waals surface area contributed by atoms with Crippen molar-refractivity contribution in [1.82, 2.24) is 0 Å². The van der Waals surface area contributed by atoms with Crippen molar-refractivity contribution in [3.8, 4) is 0 Å². The van der Waals surface area contributed by atoms with E-state index in [4.69, 9.17) is 11.5 Å². The van der Waals surface area contributed by atoms with Gasteiger partial charge < -0.3 is 11.5 Å². The van der Waals surface area contributed by atoms with Gasteiger partial charge in [-0.2, -0.15) is 4.99 Å². The third-order valence-corrected chi connectivity index (χ3v) is 5.81. The molecule has 8 heteroatoms. The monoisotopic (exact) mass is 401 g/mol. The molecule has 0 spiro atoms. The summed E-state index contributed by atoms with van der Waals surface area (Å²) >= 11 is 3.34. The van der Waals surface area contributed by atoms with Crippen LogP contribution in [-0.4, -0.2) is 26.5 Å². The first-order chi connectivity index (χ1) is 10.7. The molecule has 1 amide bonds. The van der Waals surface area contributed by atoms with Crippen LogP contribution < -0.4 is 11.5 Å². The summed E-state index contributed by atoms with van der Waals surface area (Å²) < 4.78 is 24.9. The molecule has 126 valence electrons. The van der Waals surface area contributed by atoms with Gasteiger partial charge in [-0.25, -0.2) is 8.42 Å². The van der Waals surface area contributed by atoms with Crippen LogP contribution in [0.25, 0.3) is 0 Å². The lowest BCUT2D eigenvalue weighted by Crippen LogP contribution is -2.24. The van der Waals surface area contributed by atoms with Crippen LogP contribution in [0, 0.1) is 0 Å². The van der Waals surface area contributed by atoms with Gasteiger partial charge in [-0.15, -0.1) is 0 Å². The van der Waals surface area contributed by atoms with E-state index in [0.29, 0.717) is 4.47 Å². The smallest absolute Gasteiger partial charge is 0.281 e. The van der Waals surface area contributed by atoms with Crippen molar-refractivity contribution >= 4 is 37.6 Å². The maximum absolute atomic E-state index is 12.2. The van der Waals surface area contributed by atoms with Gasteiger partial charge in [0.2, 0.25) is 0 Å². The molecule has 1 aliphatic rings. The van der Waals surface area contributed by atoms with Gasteiger partial charge in [0.15, 0.2) is 15.8 Å². The largest absolute Gasteiger partial charge is 0.370 e.